The van der Waals surface area contributed by atoms with Crippen molar-refractivity contribution in [3.63, 3.8) is 0 Å². The lowest BCUT2D eigenvalue weighted by Crippen LogP contribution is -2.21. The Kier molecular flexibility index (Phi) is 6.01. The maximum Gasteiger partial charge on any atom is 0.348 e. The molecule has 0 fully saturated rings. The Morgan fingerprint density at radius 2 is 2.04 bits per heavy atom. The summed E-state index contributed by atoms with van der Waals surface area (Å²) in [6, 6.07) is 6.95. The Morgan fingerprint density at radius 3 is 2.78 bits per heavy atom. The molecule has 1 aromatic heterocycles. The van der Waals surface area contributed by atoms with Crippen molar-refractivity contribution in [1.29, 1.82) is 0 Å². The fourth-order valence-corrected chi connectivity index (χ4v) is 4.20. The summed E-state index contributed by atoms with van der Waals surface area (Å²) in [5, 5.41) is 2.68. The molecule has 144 valence electrons. The van der Waals surface area contributed by atoms with Crippen molar-refractivity contribution in [3.8, 4) is 11.5 Å². The van der Waals surface area contributed by atoms with Crippen LogP contribution in [0.3, 0.4) is 0 Å². The SMILES string of the molecule is COc1ccc(NC(=O)COC(=O)c2cc3c(s2)CCC(C)C3)c(OC)c1. The fraction of sp³-hybridized carbons (Fsp3) is 0.400. The van der Waals surface area contributed by atoms with E-state index in [0.717, 1.165) is 19.3 Å². The third-order valence-corrected chi connectivity index (χ3v) is 5.76. The number of anilines is 1. The van der Waals surface area contributed by atoms with Gasteiger partial charge in [-0.2, -0.15) is 0 Å². The average Bonchev–Trinajstić information content (AvgIpc) is 3.09. The zero-order valence-corrected chi connectivity index (χ0v) is 16.5. The molecule has 3 rings (SSSR count). The van der Waals surface area contributed by atoms with Gasteiger partial charge < -0.3 is 19.5 Å². The number of carbonyl (C=O) groups is 2. The Bertz CT molecular complexity index is 845. The van der Waals surface area contributed by atoms with Crippen molar-refractivity contribution in [3.05, 3.63) is 39.6 Å². The summed E-state index contributed by atoms with van der Waals surface area (Å²) in [7, 11) is 3.05. The van der Waals surface area contributed by atoms with Crippen LogP contribution in [0.5, 0.6) is 11.5 Å². The molecule has 0 spiro atoms. The van der Waals surface area contributed by atoms with Crippen molar-refractivity contribution < 1.29 is 23.8 Å². The standard InChI is InChI=1S/C20H23NO5S/c1-12-4-7-17-13(8-12)9-18(27-17)20(23)26-11-19(22)21-15-6-5-14(24-2)10-16(15)25-3/h5-6,9-10,12H,4,7-8,11H2,1-3H3,(H,21,22). The zero-order valence-electron chi connectivity index (χ0n) is 15.7. The summed E-state index contributed by atoms with van der Waals surface area (Å²) < 4.78 is 15.5. The summed E-state index contributed by atoms with van der Waals surface area (Å²) in [6.45, 7) is 1.86. The van der Waals surface area contributed by atoms with Gasteiger partial charge in [0.2, 0.25) is 0 Å². The van der Waals surface area contributed by atoms with Gasteiger partial charge in [0.1, 0.15) is 16.4 Å². The molecule has 6 nitrogen and oxygen atoms in total. The number of hydrogen-bond acceptors (Lipinski definition) is 6. The van der Waals surface area contributed by atoms with Crippen LogP contribution in [0.15, 0.2) is 24.3 Å². The van der Waals surface area contributed by atoms with E-state index in [1.807, 2.05) is 6.07 Å². The van der Waals surface area contributed by atoms with Crippen molar-refractivity contribution in [2.24, 2.45) is 5.92 Å². The second-order valence-corrected chi connectivity index (χ2v) is 7.73. The van der Waals surface area contributed by atoms with Crippen molar-refractivity contribution in [1.82, 2.24) is 0 Å². The number of fused-ring (bicyclic) bond motifs is 1. The van der Waals surface area contributed by atoms with Gasteiger partial charge in [-0.1, -0.05) is 6.92 Å². The molecule has 2 aromatic rings. The van der Waals surface area contributed by atoms with Crippen LogP contribution in [-0.4, -0.2) is 32.7 Å². The van der Waals surface area contributed by atoms with E-state index >= 15 is 0 Å². The number of hydrogen-bond donors (Lipinski definition) is 1. The molecule has 0 saturated heterocycles. The number of aryl methyl sites for hydroxylation is 1. The summed E-state index contributed by atoms with van der Waals surface area (Å²) in [4.78, 5) is 26.2. The van der Waals surface area contributed by atoms with Gasteiger partial charge in [0.25, 0.3) is 5.91 Å². The van der Waals surface area contributed by atoms with E-state index in [1.54, 1.807) is 25.3 Å². The lowest BCUT2D eigenvalue weighted by molar-refractivity contribution is -0.119. The molecule has 1 aliphatic carbocycles. The van der Waals surface area contributed by atoms with E-state index in [1.165, 1.54) is 28.9 Å². The summed E-state index contributed by atoms with van der Waals surface area (Å²) in [6.07, 6.45) is 3.15. The molecule has 0 bridgehead atoms. The molecule has 27 heavy (non-hydrogen) atoms. The first-order valence-electron chi connectivity index (χ1n) is 8.80. The monoisotopic (exact) mass is 389 g/mol. The Balaban J connectivity index is 1.57. The third-order valence-electron chi connectivity index (χ3n) is 4.55. The topological polar surface area (TPSA) is 73.9 Å². The normalized spacial score (nSPS) is 15.6. The van der Waals surface area contributed by atoms with Crippen molar-refractivity contribution in [2.75, 3.05) is 26.1 Å². The molecule has 7 heteroatoms. The summed E-state index contributed by atoms with van der Waals surface area (Å²) >= 11 is 1.47. The Labute approximate surface area is 162 Å². The highest BCUT2D eigenvalue weighted by Crippen LogP contribution is 2.32. The first kappa shape index (κ1) is 19.2. The molecule has 1 N–H and O–H groups in total. The number of amides is 1. The lowest BCUT2D eigenvalue weighted by Gasteiger charge is -2.16. The number of rotatable bonds is 6. The van der Waals surface area contributed by atoms with Crippen LogP contribution in [0.25, 0.3) is 0 Å². The fourth-order valence-electron chi connectivity index (χ4n) is 3.10. The number of nitrogens with one attached hydrogen (secondary N) is 1. The van der Waals surface area contributed by atoms with Gasteiger partial charge in [0.15, 0.2) is 6.61 Å². The maximum absolute atomic E-state index is 12.3. The van der Waals surface area contributed by atoms with Gasteiger partial charge in [-0.05, 0) is 48.9 Å². The van der Waals surface area contributed by atoms with E-state index in [-0.39, 0.29) is 6.61 Å². The highest BCUT2D eigenvalue weighted by Gasteiger charge is 2.22. The van der Waals surface area contributed by atoms with Crippen LogP contribution in [0, 0.1) is 5.92 Å². The third kappa shape index (κ3) is 4.60. The largest absolute Gasteiger partial charge is 0.497 e. The minimum Gasteiger partial charge on any atom is -0.497 e. The van der Waals surface area contributed by atoms with Crippen LogP contribution in [0.4, 0.5) is 5.69 Å². The van der Waals surface area contributed by atoms with E-state index in [2.05, 4.69) is 12.2 Å². The molecule has 1 heterocycles. The highest BCUT2D eigenvalue weighted by molar-refractivity contribution is 7.14. The smallest absolute Gasteiger partial charge is 0.348 e. The molecule has 1 atom stereocenters. The van der Waals surface area contributed by atoms with Crippen LogP contribution in [0.2, 0.25) is 0 Å². The molecule has 1 aliphatic rings. The number of ether oxygens (including phenoxy) is 3. The molecule has 0 saturated carbocycles. The molecule has 0 aliphatic heterocycles. The van der Waals surface area contributed by atoms with Gasteiger partial charge >= 0.3 is 5.97 Å². The number of carbonyl (C=O) groups excluding carboxylic acids is 2. The second-order valence-electron chi connectivity index (χ2n) is 6.60. The summed E-state index contributed by atoms with van der Waals surface area (Å²) in [5.41, 5.74) is 1.72. The highest BCUT2D eigenvalue weighted by atomic mass is 32.1. The first-order chi connectivity index (χ1) is 13.0. The lowest BCUT2D eigenvalue weighted by atomic mass is 9.90. The summed E-state index contributed by atoms with van der Waals surface area (Å²) in [5.74, 6) is 0.836. The second kappa shape index (κ2) is 8.43. The molecule has 1 unspecified atom stereocenters. The van der Waals surface area contributed by atoms with E-state index in [9.17, 15) is 9.59 Å². The predicted octanol–water partition coefficient (Wildman–Crippen LogP) is 3.69. The molecule has 1 aromatic carbocycles. The Hall–Kier alpha value is -2.54. The minimum atomic E-state index is -0.459. The van der Waals surface area contributed by atoms with Crippen LogP contribution in [0.1, 0.15) is 33.5 Å². The maximum atomic E-state index is 12.3. The van der Waals surface area contributed by atoms with Crippen LogP contribution >= 0.6 is 11.3 Å². The van der Waals surface area contributed by atoms with Crippen molar-refractivity contribution in [2.45, 2.75) is 26.2 Å². The molecule has 1 amide bonds. The van der Waals surface area contributed by atoms with Gasteiger partial charge in [-0.15, -0.1) is 11.3 Å². The van der Waals surface area contributed by atoms with Gasteiger partial charge in [-0.25, -0.2) is 4.79 Å². The molecular weight excluding hydrogens is 366 g/mol. The van der Waals surface area contributed by atoms with Crippen LogP contribution < -0.4 is 14.8 Å². The van der Waals surface area contributed by atoms with Crippen molar-refractivity contribution >= 4 is 28.9 Å². The minimum absolute atomic E-state index is 0.354. The predicted molar refractivity (Wildman–Crippen MR) is 104 cm³/mol. The molecular formula is C20H23NO5S. The number of methoxy groups -OCH3 is 2. The number of esters is 1. The van der Waals surface area contributed by atoms with E-state index < -0.39 is 11.9 Å². The zero-order chi connectivity index (χ0) is 19.4. The van der Waals surface area contributed by atoms with E-state index in [0.29, 0.717) is 28.0 Å². The number of benzene rings is 1. The Morgan fingerprint density at radius 1 is 1.22 bits per heavy atom. The molecule has 0 radical (unpaired) electrons. The quantitative estimate of drug-likeness (QED) is 0.763. The average molecular weight is 389 g/mol. The number of thiophene rings is 1. The van der Waals surface area contributed by atoms with Crippen LogP contribution in [-0.2, 0) is 22.4 Å². The van der Waals surface area contributed by atoms with Gasteiger partial charge in [0, 0.05) is 10.9 Å². The van der Waals surface area contributed by atoms with Gasteiger partial charge in [-0.3, -0.25) is 4.79 Å². The first-order valence-corrected chi connectivity index (χ1v) is 9.62. The van der Waals surface area contributed by atoms with Gasteiger partial charge in [0.05, 0.1) is 19.9 Å². The van der Waals surface area contributed by atoms with E-state index in [4.69, 9.17) is 14.2 Å².